The van der Waals surface area contributed by atoms with Gasteiger partial charge in [0.05, 0.1) is 36.7 Å². The first-order valence-electron chi connectivity index (χ1n) is 21.1. The van der Waals surface area contributed by atoms with Crippen LogP contribution in [-0.4, -0.2) is 93.8 Å². The largest absolute Gasteiger partial charge is 0.495 e. The van der Waals surface area contributed by atoms with Gasteiger partial charge in [-0.1, -0.05) is 44.0 Å². The summed E-state index contributed by atoms with van der Waals surface area (Å²) in [5, 5.41) is 5.93. The predicted molar refractivity (Wildman–Crippen MR) is 230 cm³/mol. The standard InChI is InChI=1S/C44H48FN6O10PS/c1-4-20-60-41(55)26(2)48-62(58,61-31-11-6-5-7-12-31)37(45)27-14-17-35-28(21-27)22-36(63-35)38(52)47-33-13-9-8-10-29-15-16-34(49(29)39(33)53)40(54)51-43(57)50(42(56)44(51)18-19-44)30-23-32(59-3)25-46-24-30/h5-7,11-12,14,17,21-26,29,33-34,37H,4,8-10,13,15-16,18-20H2,1-3H3,(H,47,52)(H,48,58)/t26-,29-,33?,34-,37+,62?/m0/s1. The van der Waals surface area contributed by atoms with Gasteiger partial charge in [-0.15, -0.1) is 11.3 Å². The van der Waals surface area contributed by atoms with Crippen molar-refractivity contribution in [3.05, 3.63) is 83.5 Å². The van der Waals surface area contributed by atoms with Gasteiger partial charge in [0.15, 0.2) is 0 Å². The number of benzene rings is 2. The van der Waals surface area contributed by atoms with E-state index in [0.717, 1.165) is 27.6 Å². The van der Waals surface area contributed by atoms with Crippen LogP contribution in [0, 0.1) is 0 Å². The topological polar surface area (TPSA) is 194 Å². The first kappa shape index (κ1) is 43.9. The summed E-state index contributed by atoms with van der Waals surface area (Å²) in [6, 6.07) is 11.3. The van der Waals surface area contributed by atoms with Crippen LogP contribution >= 0.6 is 18.9 Å². The molecule has 2 N–H and O–H groups in total. The fourth-order valence-electron chi connectivity index (χ4n) is 8.63. The second-order valence-electron chi connectivity index (χ2n) is 16.3. The van der Waals surface area contributed by atoms with Crippen LogP contribution in [-0.2, 0) is 28.5 Å². The minimum Gasteiger partial charge on any atom is -0.495 e. The van der Waals surface area contributed by atoms with Crippen LogP contribution in [0.5, 0.6) is 11.5 Å². The zero-order chi connectivity index (χ0) is 44.6. The third-order valence-electron chi connectivity index (χ3n) is 12.0. The van der Waals surface area contributed by atoms with Crippen molar-refractivity contribution in [2.45, 2.75) is 107 Å². The van der Waals surface area contributed by atoms with Crippen molar-refractivity contribution in [3.8, 4) is 11.5 Å². The highest BCUT2D eigenvalue weighted by atomic mass is 32.1. The molecule has 332 valence electrons. The Morgan fingerprint density at radius 2 is 1.75 bits per heavy atom. The van der Waals surface area contributed by atoms with Gasteiger partial charge in [0.1, 0.15) is 35.2 Å². The number of fused-ring (bicyclic) bond motifs is 2. The van der Waals surface area contributed by atoms with E-state index >= 15 is 4.39 Å². The molecule has 6 amide bonds. The van der Waals surface area contributed by atoms with Gasteiger partial charge in [0, 0.05) is 16.8 Å². The molecular weight excluding hydrogens is 855 g/mol. The Morgan fingerprint density at radius 3 is 2.48 bits per heavy atom. The Bertz CT molecular complexity index is 2500. The number of esters is 1. The smallest absolute Gasteiger partial charge is 0.355 e. The van der Waals surface area contributed by atoms with Crippen LogP contribution in [0.2, 0.25) is 0 Å². The van der Waals surface area contributed by atoms with E-state index in [2.05, 4.69) is 15.4 Å². The van der Waals surface area contributed by atoms with Gasteiger partial charge in [-0.3, -0.25) is 33.5 Å². The average Bonchev–Trinajstić information content (AvgIpc) is 3.68. The number of carbonyl (C=O) groups is 6. The highest BCUT2D eigenvalue weighted by Crippen LogP contribution is 2.58. The van der Waals surface area contributed by atoms with Crippen molar-refractivity contribution >= 4 is 70.3 Å². The number of nitrogens with one attached hydrogen (secondary N) is 2. The monoisotopic (exact) mass is 902 g/mol. The van der Waals surface area contributed by atoms with Gasteiger partial charge < -0.3 is 24.2 Å². The third-order valence-corrected chi connectivity index (χ3v) is 15.2. The molecule has 16 nitrogen and oxygen atoms in total. The number of carbonyl (C=O) groups excluding carboxylic acids is 6. The van der Waals surface area contributed by atoms with Crippen molar-refractivity contribution in [2.75, 3.05) is 18.6 Å². The molecule has 4 fully saturated rings. The van der Waals surface area contributed by atoms with Crippen molar-refractivity contribution in [2.24, 2.45) is 0 Å². The maximum Gasteiger partial charge on any atom is 0.355 e. The van der Waals surface area contributed by atoms with E-state index in [1.807, 2.05) is 6.92 Å². The van der Waals surface area contributed by atoms with Crippen molar-refractivity contribution in [1.29, 1.82) is 0 Å². The first-order chi connectivity index (χ1) is 30.3. The summed E-state index contributed by atoms with van der Waals surface area (Å²) in [6.07, 6.45) is 7.11. The lowest BCUT2D eigenvalue weighted by atomic mass is 9.99. The van der Waals surface area contributed by atoms with Crippen molar-refractivity contribution in [3.63, 3.8) is 0 Å². The summed E-state index contributed by atoms with van der Waals surface area (Å²) in [5.41, 5.74) is -1.18. The number of hydrogen-bond donors (Lipinski definition) is 2. The number of rotatable bonds is 14. The number of pyridine rings is 1. The second kappa shape index (κ2) is 17.8. The molecule has 1 aliphatic carbocycles. The molecular formula is C44H48FN6O10PS. The average molecular weight is 903 g/mol. The molecule has 2 unspecified atom stereocenters. The zero-order valence-electron chi connectivity index (χ0n) is 35.0. The number of anilines is 1. The lowest BCUT2D eigenvalue weighted by molar-refractivity contribution is -0.147. The molecule has 3 saturated heterocycles. The van der Waals surface area contributed by atoms with E-state index in [4.69, 9.17) is 14.0 Å². The fraction of sp³-hybridized carbons (Fsp3) is 0.432. The van der Waals surface area contributed by atoms with Crippen LogP contribution in [0.15, 0.2) is 73.1 Å². The molecule has 0 bridgehead atoms. The zero-order valence-corrected chi connectivity index (χ0v) is 36.7. The molecule has 63 heavy (non-hydrogen) atoms. The summed E-state index contributed by atoms with van der Waals surface area (Å²) < 4.78 is 47.7. The predicted octanol–water partition coefficient (Wildman–Crippen LogP) is 7.04. The van der Waals surface area contributed by atoms with E-state index < -0.39 is 72.7 Å². The SMILES string of the molecule is CCCOC(=O)[C@H](C)NP(=O)(Oc1ccccc1)[C@@H](F)c1ccc2sc(C(=O)NC3CCCC[C@H]4CC[C@@H](C(=O)N5C(=O)N(c6cncc(OC)c6)C(=O)C56CC6)N4C3=O)cc2c1. The molecule has 2 aromatic heterocycles. The summed E-state index contributed by atoms with van der Waals surface area (Å²) in [4.78, 5) is 91.1. The number of hydrogen-bond acceptors (Lipinski definition) is 12. The number of amides is 6. The number of thiophene rings is 1. The highest BCUT2D eigenvalue weighted by Gasteiger charge is 2.68. The molecule has 1 saturated carbocycles. The van der Waals surface area contributed by atoms with Gasteiger partial charge in [0.25, 0.3) is 17.7 Å². The molecule has 2 aromatic carbocycles. The van der Waals surface area contributed by atoms with E-state index in [1.54, 1.807) is 30.3 Å². The third kappa shape index (κ3) is 8.43. The van der Waals surface area contributed by atoms with Crippen LogP contribution in [0.3, 0.4) is 0 Å². The van der Waals surface area contributed by atoms with E-state index in [1.165, 1.54) is 61.7 Å². The molecule has 6 atom stereocenters. The van der Waals surface area contributed by atoms with Gasteiger partial charge in [0.2, 0.25) is 11.8 Å². The number of aromatic nitrogens is 1. The molecule has 5 heterocycles. The molecule has 3 aliphatic heterocycles. The number of methoxy groups -OCH3 is 1. The van der Waals surface area contributed by atoms with Crippen LogP contribution < -0.4 is 24.6 Å². The number of nitrogens with zero attached hydrogens (tertiary/aromatic N) is 4. The highest BCUT2D eigenvalue weighted by molar-refractivity contribution is 7.57. The lowest BCUT2D eigenvalue weighted by Crippen LogP contribution is -2.58. The van der Waals surface area contributed by atoms with E-state index in [0.29, 0.717) is 67.2 Å². The number of alkyl halides is 1. The van der Waals surface area contributed by atoms with Crippen LogP contribution in [0.4, 0.5) is 14.9 Å². The summed E-state index contributed by atoms with van der Waals surface area (Å²) in [5.74, 6) is -4.64. The van der Waals surface area contributed by atoms with Gasteiger partial charge in [-0.25, -0.2) is 24.1 Å². The quantitative estimate of drug-likeness (QED) is 0.0746. The Balaban J connectivity index is 0.997. The van der Waals surface area contributed by atoms with Gasteiger partial charge in [-0.05, 0) is 93.2 Å². The molecule has 1 spiro atoms. The molecule has 0 radical (unpaired) electrons. The fourth-order valence-corrected chi connectivity index (χ4v) is 11.5. The Kier molecular flexibility index (Phi) is 12.4. The Labute approximate surface area is 366 Å². The molecule has 4 aromatic rings. The van der Waals surface area contributed by atoms with Crippen LogP contribution in [0.25, 0.3) is 10.1 Å². The normalized spacial score (nSPS) is 22.5. The lowest BCUT2D eigenvalue weighted by Gasteiger charge is -2.36. The number of urea groups is 1. The number of halogens is 1. The maximum atomic E-state index is 16.6. The van der Waals surface area contributed by atoms with Crippen molar-refractivity contribution < 1.29 is 51.7 Å². The maximum absolute atomic E-state index is 16.6. The Morgan fingerprint density at radius 1 is 0.984 bits per heavy atom. The van der Waals surface area contributed by atoms with Crippen LogP contribution in [0.1, 0.15) is 92.8 Å². The van der Waals surface area contributed by atoms with Gasteiger partial charge >= 0.3 is 19.5 Å². The molecule has 19 heteroatoms. The summed E-state index contributed by atoms with van der Waals surface area (Å²) >= 11 is 1.12. The first-order valence-corrected chi connectivity index (χ1v) is 23.6. The van der Waals surface area contributed by atoms with Crippen molar-refractivity contribution in [1.82, 2.24) is 25.2 Å². The number of imide groups is 2. The molecule has 4 aliphatic rings. The molecule has 8 rings (SSSR count). The van der Waals surface area contributed by atoms with E-state index in [9.17, 15) is 33.3 Å². The second-order valence-corrected chi connectivity index (χ2v) is 19.4. The summed E-state index contributed by atoms with van der Waals surface area (Å²) in [7, 11) is -3.06. The minimum atomic E-state index is -4.49. The summed E-state index contributed by atoms with van der Waals surface area (Å²) in [6.45, 7) is 3.38. The van der Waals surface area contributed by atoms with E-state index in [-0.39, 0.29) is 34.5 Å². The number of ether oxygens (including phenoxy) is 2. The minimum absolute atomic E-state index is 0.0198. The Hall–Kier alpha value is -5.71. The van der Waals surface area contributed by atoms with Gasteiger partial charge in [-0.2, -0.15) is 0 Å². The number of para-hydroxylation sites is 1.